The third-order valence-corrected chi connectivity index (χ3v) is 8.95. The average molecular weight is 537 g/mol. The third-order valence-electron chi connectivity index (χ3n) is 7.63. The van der Waals surface area contributed by atoms with Crippen LogP contribution in [0, 0.1) is 0 Å². The Kier molecular flexibility index (Phi) is 10.8. The Labute approximate surface area is 229 Å². The lowest BCUT2D eigenvalue weighted by Gasteiger charge is -2.38. The first-order chi connectivity index (χ1) is 18.6. The normalized spacial score (nSPS) is 18.3. The predicted molar refractivity (Wildman–Crippen MR) is 158 cm³/mol. The number of para-hydroxylation sites is 1. The first-order valence-corrected chi connectivity index (χ1v) is 16.1. The second kappa shape index (κ2) is 14.5. The summed E-state index contributed by atoms with van der Waals surface area (Å²) in [5.41, 5.74) is 0.960. The molecule has 0 aliphatic heterocycles. The first kappa shape index (κ1) is 28.3. The maximum Gasteiger partial charge on any atom is 0.283 e. The van der Waals surface area contributed by atoms with Crippen LogP contribution in [0.15, 0.2) is 74.9 Å². The van der Waals surface area contributed by atoms with Crippen LogP contribution < -0.4 is 5.32 Å². The summed E-state index contributed by atoms with van der Waals surface area (Å²) in [6, 6.07) is 19.1. The number of hydrogen-bond acceptors (Lipinski definition) is 3. The van der Waals surface area contributed by atoms with Gasteiger partial charge in [0.1, 0.15) is 5.84 Å². The Balaban J connectivity index is 1.81. The van der Waals surface area contributed by atoms with Gasteiger partial charge in [0.2, 0.25) is 5.96 Å². The maximum atomic E-state index is 13.6. The minimum atomic E-state index is -3.86. The van der Waals surface area contributed by atoms with E-state index in [-0.39, 0.29) is 17.0 Å². The maximum absolute atomic E-state index is 13.6. The smallest absolute Gasteiger partial charge is 0.283 e. The van der Waals surface area contributed by atoms with Crippen molar-refractivity contribution in [2.45, 2.75) is 114 Å². The molecule has 2 aromatic carbocycles. The molecule has 0 heterocycles. The number of anilines is 1. The van der Waals surface area contributed by atoms with E-state index < -0.39 is 10.0 Å². The zero-order chi connectivity index (χ0) is 26.6. The van der Waals surface area contributed by atoms with Crippen LogP contribution in [0.4, 0.5) is 5.69 Å². The molecule has 2 fully saturated rings. The Bertz CT molecular complexity index is 1140. The van der Waals surface area contributed by atoms with E-state index in [1.54, 1.807) is 24.3 Å². The van der Waals surface area contributed by atoms with Crippen molar-refractivity contribution in [1.82, 2.24) is 4.90 Å². The van der Waals surface area contributed by atoms with Gasteiger partial charge in [0.15, 0.2) is 0 Å². The monoisotopic (exact) mass is 536 g/mol. The number of nitrogens with one attached hydrogen (secondary N) is 1. The molecular weight excluding hydrogens is 492 g/mol. The van der Waals surface area contributed by atoms with E-state index in [9.17, 15) is 8.42 Å². The summed E-state index contributed by atoms with van der Waals surface area (Å²) >= 11 is 0. The average Bonchev–Trinajstić information content (AvgIpc) is 2.95. The molecule has 0 amide bonds. The van der Waals surface area contributed by atoms with Crippen LogP contribution in [-0.2, 0) is 10.0 Å². The highest BCUT2D eigenvalue weighted by Gasteiger charge is 2.31. The predicted octanol–water partition coefficient (Wildman–Crippen LogP) is 7.79. The van der Waals surface area contributed by atoms with Crippen LogP contribution >= 0.6 is 0 Å². The number of unbranched alkanes of at least 4 members (excludes halogenated alkanes) is 2. The largest absolute Gasteiger partial charge is 0.326 e. The number of hydrogen-bond donors (Lipinski definition) is 1. The number of amidine groups is 1. The molecule has 206 valence electrons. The molecule has 2 aromatic rings. The van der Waals surface area contributed by atoms with Crippen molar-refractivity contribution in [3.8, 4) is 0 Å². The van der Waals surface area contributed by atoms with Gasteiger partial charge < -0.3 is 5.32 Å². The quantitative estimate of drug-likeness (QED) is 0.202. The molecular formula is C31H44N4O2S. The van der Waals surface area contributed by atoms with Gasteiger partial charge in [-0.1, -0.05) is 94.7 Å². The van der Waals surface area contributed by atoms with Gasteiger partial charge in [0.05, 0.1) is 10.9 Å². The molecule has 0 unspecified atom stereocenters. The number of benzene rings is 2. The number of rotatable bonds is 9. The molecule has 0 aromatic heterocycles. The number of aliphatic imine (C=N–C) groups is 1. The number of guanidine groups is 1. The highest BCUT2D eigenvalue weighted by molar-refractivity contribution is 7.90. The fourth-order valence-corrected chi connectivity index (χ4v) is 6.62. The van der Waals surface area contributed by atoms with Crippen molar-refractivity contribution in [1.29, 1.82) is 0 Å². The zero-order valence-electron chi connectivity index (χ0n) is 22.9. The summed E-state index contributed by atoms with van der Waals surface area (Å²) in [6.45, 7) is 2.17. The number of sulfonamides is 1. The molecule has 0 spiro atoms. The van der Waals surface area contributed by atoms with Gasteiger partial charge in [0, 0.05) is 18.2 Å². The summed E-state index contributed by atoms with van der Waals surface area (Å²) in [7, 11) is -3.86. The molecule has 4 rings (SSSR count). The Hall–Kier alpha value is -2.67. The second-order valence-corrected chi connectivity index (χ2v) is 12.3. The van der Waals surface area contributed by atoms with Crippen LogP contribution in [0.5, 0.6) is 0 Å². The van der Waals surface area contributed by atoms with E-state index >= 15 is 0 Å². The van der Waals surface area contributed by atoms with Crippen LogP contribution in [0.25, 0.3) is 0 Å². The standard InChI is InChI=1S/C31H44N4O2S/c1-2-3-8-25-30(34-38(36,37)29-23-15-7-16-24-29)35(28-21-13-6-14-22-28)31(32-26-17-9-4-10-18-26)33-27-19-11-5-12-20-27/h4,7,9-10,15-18,23-24,27-28H,2-3,5-6,8,11-14,19-22,25H2,1H3,(H,32,33)/b34-30+. The van der Waals surface area contributed by atoms with E-state index in [0.717, 1.165) is 69.4 Å². The van der Waals surface area contributed by atoms with E-state index in [2.05, 4.69) is 21.5 Å². The van der Waals surface area contributed by atoms with Crippen LogP contribution in [-0.4, -0.2) is 37.2 Å². The Morgan fingerprint density at radius 1 is 0.842 bits per heavy atom. The molecule has 38 heavy (non-hydrogen) atoms. The van der Waals surface area contributed by atoms with E-state index in [4.69, 9.17) is 4.99 Å². The molecule has 2 aliphatic carbocycles. The Morgan fingerprint density at radius 2 is 1.45 bits per heavy atom. The minimum Gasteiger partial charge on any atom is -0.326 e. The topological polar surface area (TPSA) is 74.1 Å². The van der Waals surface area contributed by atoms with Gasteiger partial charge in [0.25, 0.3) is 10.0 Å². The lowest BCUT2D eigenvalue weighted by molar-refractivity contribution is 0.314. The summed E-state index contributed by atoms with van der Waals surface area (Å²) in [5.74, 6) is 1.38. The van der Waals surface area contributed by atoms with Crippen molar-refractivity contribution < 1.29 is 8.42 Å². The highest BCUT2D eigenvalue weighted by atomic mass is 32.2. The molecule has 0 radical (unpaired) electrons. The fourth-order valence-electron chi connectivity index (χ4n) is 5.56. The van der Waals surface area contributed by atoms with Gasteiger partial charge in [-0.3, -0.25) is 4.90 Å². The van der Waals surface area contributed by atoms with Crippen molar-refractivity contribution in [3.05, 3.63) is 60.7 Å². The second-order valence-electron chi connectivity index (χ2n) is 10.7. The lowest BCUT2D eigenvalue weighted by atomic mass is 9.93. The summed E-state index contributed by atoms with van der Waals surface area (Å²) in [5, 5.41) is 3.62. The fraction of sp³-hybridized carbons (Fsp3) is 0.548. The molecule has 7 heteroatoms. The van der Waals surface area contributed by atoms with Crippen LogP contribution in [0.1, 0.15) is 96.8 Å². The summed E-state index contributed by atoms with van der Waals surface area (Å²) < 4.78 is 31.7. The van der Waals surface area contributed by atoms with Crippen LogP contribution in [0.3, 0.4) is 0 Å². The Morgan fingerprint density at radius 3 is 2.08 bits per heavy atom. The van der Waals surface area contributed by atoms with Gasteiger partial charge in [-0.15, -0.1) is 4.40 Å². The van der Waals surface area contributed by atoms with E-state index in [1.807, 2.05) is 36.4 Å². The molecule has 2 saturated carbocycles. The van der Waals surface area contributed by atoms with Gasteiger partial charge in [-0.25, -0.2) is 4.99 Å². The summed E-state index contributed by atoms with van der Waals surface area (Å²) in [4.78, 5) is 7.74. The third kappa shape index (κ3) is 8.16. The number of nitrogens with zero attached hydrogens (tertiary/aromatic N) is 3. The molecule has 0 bridgehead atoms. The van der Waals surface area contributed by atoms with Crippen molar-refractivity contribution in [2.75, 3.05) is 5.32 Å². The van der Waals surface area contributed by atoms with Crippen molar-refractivity contribution >= 4 is 27.5 Å². The molecule has 6 nitrogen and oxygen atoms in total. The molecule has 1 N–H and O–H groups in total. The van der Waals surface area contributed by atoms with Gasteiger partial charge >= 0.3 is 0 Å². The first-order valence-electron chi connectivity index (χ1n) is 14.6. The highest BCUT2D eigenvalue weighted by Crippen LogP contribution is 2.28. The van der Waals surface area contributed by atoms with E-state index in [1.165, 1.54) is 25.7 Å². The van der Waals surface area contributed by atoms with Crippen LogP contribution in [0.2, 0.25) is 0 Å². The lowest BCUT2D eigenvalue weighted by Crippen LogP contribution is -2.49. The van der Waals surface area contributed by atoms with Gasteiger partial charge in [-0.2, -0.15) is 8.42 Å². The van der Waals surface area contributed by atoms with Crippen molar-refractivity contribution in [2.24, 2.45) is 9.39 Å². The van der Waals surface area contributed by atoms with Gasteiger partial charge in [-0.05, 0) is 56.4 Å². The van der Waals surface area contributed by atoms with Crippen molar-refractivity contribution in [3.63, 3.8) is 0 Å². The van der Waals surface area contributed by atoms with E-state index in [0.29, 0.717) is 12.3 Å². The minimum absolute atomic E-state index is 0.175. The molecule has 0 saturated heterocycles. The molecule has 0 atom stereocenters. The summed E-state index contributed by atoms with van der Waals surface area (Å²) in [6.07, 6.45) is 14.9. The molecule has 2 aliphatic rings. The SMILES string of the molecule is CCCCC/C(=N\S(=O)(=O)c1ccccc1)N(C(=NC1CCCCC1)Nc1ccccc1)C1CCCCC1. The zero-order valence-corrected chi connectivity index (χ0v) is 23.7.